The van der Waals surface area contributed by atoms with Crippen LogP contribution in [0.4, 0.5) is 0 Å². The van der Waals surface area contributed by atoms with Gasteiger partial charge in [0.2, 0.25) is 0 Å². The zero-order valence-corrected chi connectivity index (χ0v) is 27.0. The SMILES string of the molecule is c1ccc(-c2ccc(-c3nc(-c4cccc(-c5cncnc5)c4)nc(-c4ccc(-c5ccccc5)c5ccccc45)n3)c3ccccc23)cc1. The molecule has 0 N–H and O–H groups in total. The van der Waals surface area contributed by atoms with Gasteiger partial charge in [0.25, 0.3) is 0 Å². The maximum absolute atomic E-state index is 5.24. The summed E-state index contributed by atoms with van der Waals surface area (Å²) in [6.45, 7) is 0. The molecule has 0 bridgehead atoms. The van der Waals surface area contributed by atoms with Gasteiger partial charge in [-0.25, -0.2) is 24.9 Å². The second-order valence-corrected chi connectivity index (χ2v) is 12.2. The van der Waals surface area contributed by atoms with Crippen molar-refractivity contribution in [3.8, 4) is 67.5 Å². The van der Waals surface area contributed by atoms with E-state index in [-0.39, 0.29) is 0 Å². The van der Waals surface area contributed by atoms with Gasteiger partial charge in [0.1, 0.15) is 6.33 Å². The normalized spacial score (nSPS) is 11.2. The lowest BCUT2D eigenvalue weighted by molar-refractivity contribution is 1.08. The van der Waals surface area contributed by atoms with Gasteiger partial charge in [-0.1, -0.05) is 140 Å². The summed E-state index contributed by atoms with van der Waals surface area (Å²) in [5.74, 6) is 1.83. The quantitative estimate of drug-likeness (QED) is 0.181. The van der Waals surface area contributed by atoms with E-state index < -0.39 is 0 Å². The monoisotopic (exact) mass is 639 g/mol. The van der Waals surface area contributed by atoms with Crippen molar-refractivity contribution >= 4 is 21.5 Å². The van der Waals surface area contributed by atoms with Gasteiger partial charge in [-0.3, -0.25) is 0 Å². The number of benzene rings is 7. The average Bonchev–Trinajstić information content (AvgIpc) is 3.21. The summed E-state index contributed by atoms with van der Waals surface area (Å²) in [6, 6.07) is 54.8. The lowest BCUT2D eigenvalue weighted by atomic mass is 9.94. The summed E-state index contributed by atoms with van der Waals surface area (Å²) in [6.07, 6.45) is 5.17. The molecule has 9 rings (SSSR count). The topological polar surface area (TPSA) is 64.5 Å². The number of hydrogen-bond donors (Lipinski definition) is 0. The molecule has 0 saturated heterocycles. The summed E-state index contributed by atoms with van der Waals surface area (Å²) in [5.41, 5.74) is 9.35. The lowest BCUT2D eigenvalue weighted by Gasteiger charge is -2.15. The molecule has 0 aliphatic rings. The van der Waals surface area contributed by atoms with Crippen LogP contribution in [0.2, 0.25) is 0 Å². The summed E-state index contributed by atoms with van der Waals surface area (Å²) >= 11 is 0. The number of aromatic nitrogens is 5. The molecule has 5 nitrogen and oxygen atoms in total. The molecule has 0 atom stereocenters. The maximum atomic E-state index is 5.24. The standard InChI is InChI=1S/C45H29N5/c1-3-12-30(13-4-1)35-22-24-41(39-20-9-7-18-37(35)39)44-48-43(33-17-11-16-32(26-33)34-27-46-29-47-28-34)49-45(50-44)42-25-23-36(31-14-5-2-6-15-31)38-19-8-10-21-40(38)42/h1-29H. The van der Waals surface area contributed by atoms with Crippen molar-refractivity contribution in [2.24, 2.45) is 0 Å². The van der Waals surface area contributed by atoms with E-state index >= 15 is 0 Å². The van der Waals surface area contributed by atoms with Crippen molar-refractivity contribution in [2.75, 3.05) is 0 Å². The van der Waals surface area contributed by atoms with Gasteiger partial charge in [-0.2, -0.15) is 0 Å². The minimum absolute atomic E-state index is 0.594. The van der Waals surface area contributed by atoms with Gasteiger partial charge in [0, 0.05) is 34.6 Å². The third-order valence-corrected chi connectivity index (χ3v) is 9.15. The molecule has 9 aromatic rings. The Hall–Kier alpha value is -6.85. The second-order valence-electron chi connectivity index (χ2n) is 12.2. The van der Waals surface area contributed by atoms with Crippen LogP contribution in [0.15, 0.2) is 176 Å². The van der Waals surface area contributed by atoms with Crippen LogP contribution in [0.3, 0.4) is 0 Å². The minimum Gasteiger partial charge on any atom is -0.244 e. The first kappa shape index (κ1) is 29.3. The Morgan fingerprint density at radius 2 is 0.680 bits per heavy atom. The Bertz CT molecular complexity index is 2500. The fourth-order valence-corrected chi connectivity index (χ4v) is 6.76. The van der Waals surface area contributed by atoms with Crippen LogP contribution in [0, 0.1) is 0 Å². The maximum Gasteiger partial charge on any atom is 0.164 e. The molecule has 5 heteroatoms. The second kappa shape index (κ2) is 12.6. The van der Waals surface area contributed by atoms with E-state index in [9.17, 15) is 0 Å². The third kappa shape index (κ3) is 5.37. The molecule has 0 aliphatic heterocycles. The molecule has 2 aromatic heterocycles. The predicted octanol–water partition coefficient (Wildman–Crippen LogP) is 11.0. The molecule has 0 aliphatic carbocycles. The van der Waals surface area contributed by atoms with Crippen molar-refractivity contribution in [1.29, 1.82) is 0 Å². The van der Waals surface area contributed by atoms with Crippen molar-refractivity contribution in [3.05, 3.63) is 176 Å². The van der Waals surface area contributed by atoms with Gasteiger partial charge in [0.15, 0.2) is 17.5 Å². The van der Waals surface area contributed by atoms with Gasteiger partial charge < -0.3 is 0 Å². The molecular weight excluding hydrogens is 611 g/mol. The van der Waals surface area contributed by atoms with Crippen molar-refractivity contribution in [1.82, 2.24) is 24.9 Å². The molecule has 0 amide bonds. The Kier molecular flexibility index (Phi) is 7.41. The number of fused-ring (bicyclic) bond motifs is 2. The number of rotatable bonds is 6. The molecule has 0 radical (unpaired) electrons. The molecule has 2 heterocycles. The third-order valence-electron chi connectivity index (χ3n) is 9.15. The van der Waals surface area contributed by atoms with E-state index in [1.54, 1.807) is 6.33 Å². The summed E-state index contributed by atoms with van der Waals surface area (Å²) < 4.78 is 0. The van der Waals surface area contributed by atoms with E-state index in [1.807, 2.05) is 36.7 Å². The Labute approximate surface area is 289 Å². The first-order chi connectivity index (χ1) is 24.8. The first-order valence-electron chi connectivity index (χ1n) is 16.6. The van der Waals surface area contributed by atoms with Gasteiger partial charge >= 0.3 is 0 Å². The van der Waals surface area contributed by atoms with Gasteiger partial charge in [0.05, 0.1) is 0 Å². The van der Waals surface area contributed by atoms with E-state index in [1.165, 1.54) is 22.3 Å². The Balaban J connectivity index is 1.28. The molecule has 0 spiro atoms. The molecule has 234 valence electrons. The van der Waals surface area contributed by atoms with Crippen molar-refractivity contribution < 1.29 is 0 Å². The molecule has 7 aromatic carbocycles. The average molecular weight is 640 g/mol. The highest BCUT2D eigenvalue weighted by atomic mass is 15.0. The van der Waals surface area contributed by atoms with E-state index in [4.69, 9.17) is 15.0 Å². The van der Waals surface area contributed by atoms with Gasteiger partial charge in [-0.05, 0) is 67.6 Å². The first-order valence-corrected chi connectivity index (χ1v) is 16.6. The highest BCUT2D eigenvalue weighted by Crippen LogP contribution is 2.38. The molecule has 0 fully saturated rings. The van der Waals surface area contributed by atoms with E-state index in [0.29, 0.717) is 17.5 Å². The van der Waals surface area contributed by atoms with Crippen LogP contribution >= 0.6 is 0 Å². The molecule has 0 unspecified atom stereocenters. The predicted molar refractivity (Wildman–Crippen MR) is 203 cm³/mol. The van der Waals surface area contributed by atoms with E-state index in [0.717, 1.165) is 49.4 Å². The lowest BCUT2D eigenvalue weighted by Crippen LogP contribution is -2.01. The smallest absolute Gasteiger partial charge is 0.164 e. The highest BCUT2D eigenvalue weighted by Gasteiger charge is 2.18. The van der Waals surface area contributed by atoms with Crippen molar-refractivity contribution in [2.45, 2.75) is 0 Å². The van der Waals surface area contributed by atoms with Crippen LogP contribution in [-0.2, 0) is 0 Å². The summed E-state index contributed by atoms with van der Waals surface area (Å²) in [4.78, 5) is 24.1. The summed E-state index contributed by atoms with van der Waals surface area (Å²) in [7, 11) is 0. The molecule has 0 saturated carbocycles. The fourth-order valence-electron chi connectivity index (χ4n) is 6.76. The minimum atomic E-state index is 0.594. The van der Waals surface area contributed by atoms with Crippen LogP contribution in [0.1, 0.15) is 0 Å². The van der Waals surface area contributed by atoms with Crippen LogP contribution in [-0.4, -0.2) is 24.9 Å². The Morgan fingerprint density at radius 3 is 1.20 bits per heavy atom. The molecule has 50 heavy (non-hydrogen) atoms. The van der Waals surface area contributed by atoms with Crippen LogP contribution in [0.5, 0.6) is 0 Å². The number of nitrogens with zero attached hydrogens (tertiary/aromatic N) is 5. The largest absolute Gasteiger partial charge is 0.244 e. The van der Waals surface area contributed by atoms with Crippen LogP contribution < -0.4 is 0 Å². The van der Waals surface area contributed by atoms with Crippen molar-refractivity contribution in [3.63, 3.8) is 0 Å². The fraction of sp³-hybridized carbons (Fsp3) is 0. The zero-order chi connectivity index (χ0) is 33.3. The van der Waals surface area contributed by atoms with E-state index in [2.05, 4.69) is 143 Å². The zero-order valence-electron chi connectivity index (χ0n) is 27.0. The van der Waals surface area contributed by atoms with Crippen LogP contribution in [0.25, 0.3) is 89.1 Å². The highest BCUT2D eigenvalue weighted by molar-refractivity contribution is 6.06. The number of hydrogen-bond acceptors (Lipinski definition) is 5. The van der Waals surface area contributed by atoms with Gasteiger partial charge in [-0.15, -0.1) is 0 Å². The summed E-state index contributed by atoms with van der Waals surface area (Å²) in [5, 5.41) is 4.44. The molecular formula is C45H29N5. The Morgan fingerprint density at radius 1 is 0.280 bits per heavy atom.